The van der Waals surface area contributed by atoms with E-state index in [0.29, 0.717) is 21.4 Å². The maximum Gasteiger partial charge on any atom is 0.343 e. The van der Waals surface area contributed by atoms with E-state index in [9.17, 15) is 14.4 Å². The molecule has 0 fully saturated rings. The lowest BCUT2D eigenvalue weighted by Gasteiger charge is -2.11. The average molecular weight is 563 g/mol. The molecule has 0 aromatic heterocycles. The van der Waals surface area contributed by atoms with Crippen LogP contribution >= 0.6 is 23.2 Å². The zero-order chi connectivity index (χ0) is 27.6. The number of halogens is 2. The number of esters is 2. The number of ether oxygens (including phenoxy) is 3. The Morgan fingerprint density at radius 2 is 1.31 bits per heavy atom. The number of carbonyl (C=O) groups is 3. The Kier molecular flexibility index (Phi) is 9.29. The fourth-order valence-electron chi connectivity index (χ4n) is 3.14. The second-order valence-electron chi connectivity index (χ2n) is 7.89. The van der Waals surface area contributed by atoms with E-state index in [-0.39, 0.29) is 29.2 Å². The highest BCUT2D eigenvalue weighted by atomic mass is 35.5. The summed E-state index contributed by atoms with van der Waals surface area (Å²) in [5.74, 6) is -1.11. The molecule has 4 rings (SSSR count). The van der Waals surface area contributed by atoms with Gasteiger partial charge in [-0.3, -0.25) is 4.79 Å². The van der Waals surface area contributed by atoms with Gasteiger partial charge in [-0.05, 0) is 72.8 Å². The largest absolute Gasteiger partial charge is 0.484 e. The molecule has 4 aromatic carbocycles. The summed E-state index contributed by atoms with van der Waals surface area (Å²) in [7, 11) is 0. The molecule has 8 nitrogen and oxygen atoms in total. The topological polar surface area (TPSA) is 103 Å². The minimum Gasteiger partial charge on any atom is -0.484 e. The monoisotopic (exact) mass is 562 g/mol. The lowest BCUT2D eigenvalue weighted by atomic mass is 10.2. The number of hydrazone groups is 1. The van der Waals surface area contributed by atoms with Crippen molar-refractivity contribution in [1.29, 1.82) is 0 Å². The lowest BCUT2D eigenvalue weighted by Crippen LogP contribution is -2.24. The molecule has 0 unspecified atom stereocenters. The van der Waals surface area contributed by atoms with E-state index < -0.39 is 17.8 Å². The Balaban J connectivity index is 1.49. The van der Waals surface area contributed by atoms with Crippen molar-refractivity contribution in [3.8, 4) is 17.2 Å². The maximum absolute atomic E-state index is 12.8. The zero-order valence-corrected chi connectivity index (χ0v) is 21.7. The van der Waals surface area contributed by atoms with Gasteiger partial charge in [0, 0.05) is 21.7 Å². The minimum absolute atomic E-state index is 0.0369. The van der Waals surface area contributed by atoms with Crippen molar-refractivity contribution in [2.24, 2.45) is 5.10 Å². The molecule has 0 saturated carbocycles. The standard InChI is InChI=1S/C29H20Cl2N2O6/c30-22-11-6-19(7-12-22)28(35)38-25-15-10-21(17-32-33-27(34)18-37-24-4-2-1-3-5-24)26(16-25)39-29(36)20-8-13-23(31)14-9-20/h1-17H,18H2,(H,33,34). The normalized spacial score (nSPS) is 10.6. The van der Waals surface area contributed by atoms with Crippen molar-refractivity contribution >= 4 is 47.3 Å². The SMILES string of the molecule is O=C(COc1ccccc1)NN=Cc1ccc(OC(=O)c2ccc(Cl)cc2)cc1OC(=O)c1ccc(Cl)cc1. The van der Waals surface area contributed by atoms with E-state index in [0.717, 1.165) is 0 Å². The van der Waals surface area contributed by atoms with Crippen LogP contribution < -0.4 is 19.6 Å². The molecule has 0 saturated heterocycles. The van der Waals surface area contributed by atoms with Crippen molar-refractivity contribution < 1.29 is 28.6 Å². The summed E-state index contributed by atoms with van der Waals surface area (Å²) in [5.41, 5.74) is 3.20. The number of para-hydroxylation sites is 1. The fraction of sp³-hybridized carbons (Fsp3) is 0.0345. The molecule has 0 atom stereocenters. The van der Waals surface area contributed by atoms with Crippen molar-refractivity contribution in [3.63, 3.8) is 0 Å². The number of carbonyl (C=O) groups excluding carboxylic acids is 3. The second kappa shape index (κ2) is 13.2. The summed E-state index contributed by atoms with van der Waals surface area (Å²) in [6, 6.07) is 25.5. The van der Waals surface area contributed by atoms with Gasteiger partial charge in [0.2, 0.25) is 0 Å². The molecule has 196 valence electrons. The van der Waals surface area contributed by atoms with Crippen LogP contribution in [0.25, 0.3) is 0 Å². The van der Waals surface area contributed by atoms with Crippen molar-refractivity contribution in [1.82, 2.24) is 5.43 Å². The highest BCUT2D eigenvalue weighted by molar-refractivity contribution is 6.31. The Morgan fingerprint density at radius 3 is 1.92 bits per heavy atom. The Morgan fingerprint density at radius 1 is 0.718 bits per heavy atom. The summed E-state index contributed by atoms with van der Waals surface area (Å²) >= 11 is 11.8. The highest BCUT2D eigenvalue weighted by Crippen LogP contribution is 2.26. The molecule has 0 aliphatic heterocycles. The van der Waals surface area contributed by atoms with Gasteiger partial charge >= 0.3 is 11.9 Å². The van der Waals surface area contributed by atoms with E-state index in [1.165, 1.54) is 48.7 Å². The number of benzene rings is 4. The molecule has 0 aliphatic rings. The van der Waals surface area contributed by atoms with Crippen LogP contribution in [0, 0.1) is 0 Å². The van der Waals surface area contributed by atoms with E-state index in [4.69, 9.17) is 37.4 Å². The van der Waals surface area contributed by atoms with Crippen LogP contribution in [0.1, 0.15) is 26.3 Å². The molecular weight excluding hydrogens is 543 g/mol. The first kappa shape index (κ1) is 27.4. The lowest BCUT2D eigenvalue weighted by molar-refractivity contribution is -0.123. The molecule has 0 aliphatic carbocycles. The first-order valence-corrected chi connectivity index (χ1v) is 12.2. The molecule has 0 spiro atoms. The summed E-state index contributed by atoms with van der Waals surface area (Å²) in [5, 5.41) is 4.86. The fourth-order valence-corrected chi connectivity index (χ4v) is 3.39. The maximum atomic E-state index is 12.8. The van der Waals surface area contributed by atoms with Gasteiger partial charge in [-0.2, -0.15) is 5.10 Å². The number of amides is 1. The van der Waals surface area contributed by atoms with Crippen molar-refractivity contribution in [3.05, 3.63) is 124 Å². The van der Waals surface area contributed by atoms with Crippen LogP contribution in [-0.4, -0.2) is 30.7 Å². The van der Waals surface area contributed by atoms with Gasteiger partial charge in [-0.1, -0.05) is 41.4 Å². The van der Waals surface area contributed by atoms with Gasteiger partial charge in [0.25, 0.3) is 5.91 Å². The Labute approximate surface area is 233 Å². The van der Waals surface area contributed by atoms with Crippen LogP contribution in [0.5, 0.6) is 17.2 Å². The quantitative estimate of drug-likeness (QED) is 0.117. The molecule has 1 N–H and O–H groups in total. The molecule has 39 heavy (non-hydrogen) atoms. The van der Waals surface area contributed by atoms with Crippen LogP contribution in [0.15, 0.2) is 102 Å². The van der Waals surface area contributed by atoms with Crippen molar-refractivity contribution in [2.45, 2.75) is 0 Å². The van der Waals surface area contributed by atoms with Crippen LogP contribution in [0.4, 0.5) is 0 Å². The number of rotatable bonds is 9. The molecule has 0 heterocycles. The smallest absolute Gasteiger partial charge is 0.343 e. The first-order chi connectivity index (χ1) is 18.9. The number of nitrogens with one attached hydrogen (secondary N) is 1. The van der Waals surface area contributed by atoms with Gasteiger partial charge < -0.3 is 14.2 Å². The number of hydrogen-bond donors (Lipinski definition) is 1. The van der Waals surface area contributed by atoms with E-state index in [2.05, 4.69) is 10.5 Å². The summed E-state index contributed by atoms with van der Waals surface area (Å²) in [4.78, 5) is 37.4. The molecule has 4 aromatic rings. The zero-order valence-electron chi connectivity index (χ0n) is 20.2. The van der Waals surface area contributed by atoms with Gasteiger partial charge in [-0.25, -0.2) is 15.0 Å². The first-order valence-electron chi connectivity index (χ1n) is 11.5. The van der Waals surface area contributed by atoms with Gasteiger partial charge in [0.1, 0.15) is 17.2 Å². The third-order valence-corrected chi connectivity index (χ3v) is 5.57. The summed E-state index contributed by atoms with van der Waals surface area (Å²) in [6.07, 6.45) is 1.29. The third kappa shape index (κ3) is 8.16. The Bertz CT molecular complexity index is 1490. The van der Waals surface area contributed by atoms with Crippen LogP contribution in [0.2, 0.25) is 10.0 Å². The molecule has 1 amide bonds. The highest BCUT2D eigenvalue weighted by Gasteiger charge is 2.15. The van der Waals surface area contributed by atoms with E-state index in [1.54, 1.807) is 48.5 Å². The van der Waals surface area contributed by atoms with Gasteiger partial charge in [0.05, 0.1) is 17.3 Å². The van der Waals surface area contributed by atoms with E-state index in [1.807, 2.05) is 6.07 Å². The summed E-state index contributed by atoms with van der Waals surface area (Å²) in [6.45, 7) is -0.251. The molecular formula is C29H20Cl2N2O6. The second-order valence-corrected chi connectivity index (χ2v) is 8.76. The average Bonchev–Trinajstić information content (AvgIpc) is 2.94. The molecule has 10 heteroatoms. The molecule has 0 radical (unpaired) electrons. The van der Waals surface area contributed by atoms with Crippen LogP contribution in [0.3, 0.4) is 0 Å². The molecule has 0 bridgehead atoms. The van der Waals surface area contributed by atoms with Gasteiger partial charge in [-0.15, -0.1) is 0 Å². The van der Waals surface area contributed by atoms with E-state index >= 15 is 0 Å². The third-order valence-electron chi connectivity index (χ3n) is 5.06. The Hall–Kier alpha value is -4.66. The predicted molar refractivity (Wildman–Crippen MR) is 147 cm³/mol. The predicted octanol–water partition coefficient (Wildman–Crippen LogP) is 5.96. The number of nitrogens with zero attached hydrogens (tertiary/aromatic N) is 1. The van der Waals surface area contributed by atoms with Crippen LogP contribution in [-0.2, 0) is 4.79 Å². The van der Waals surface area contributed by atoms with Gasteiger partial charge in [0.15, 0.2) is 6.61 Å². The number of hydrogen-bond acceptors (Lipinski definition) is 7. The summed E-state index contributed by atoms with van der Waals surface area (Å²) < 4.78 is 16.4. The minimum atomic E-state index is -0.678. The van der Waals surface area contributed by atoms with Crippen molar-refractivity contribution in [2.75, 3.05) is 6.61 Å².